The zero-order chi connectivity index (χ0) is 16.9. The van der Waals surface area contributed by atoms with Crippen molar-refractivity contribution in [1.82, 2.24) is 0 Å². The summed E-state index contributed by atoms with van der Waals surface area (Å²) in [6.45, 7) is 6.67. The second-order valence-corrected chi connectivity index (χ2v) is 6.13. The van der Waals surface area contributed by atoms with Crippen molar-refractivity contribution in [2.45, 2.75) is 39.2 Å². The van der Waals surface area contributed by atoms with Crippen LogP contribution in [0.2, 0.25) is 0 Å². The molecule has 1 aliphatic heterocycles. The van der Waals surface area contributed by atoms with E-state index in [2.05, 4.69) is 0 Å². The minimum absolute atomic E-state index is 0.0185. The van der Waals surface area contributed by atoms with Gasteiger partial charge in [0.2, 0.25) is 0 Å². The van der Waals surface area contributed by atoms with Gasteiger partial charge in [0.25, 0.3) is 0 Å². The van der Waals surface area contributed by atoms with Crippen molar-refractivity contribution in [3.63, 3.8) is 0 Å². The first kappa shape index (κ1) is 15.4. The van der Waals surface area contributed by atoms with Crippen molar-refractivity contribution in [1.29, 1.82) is 0 Å². The van der Waals surface area contributed by atoms with E-state index < -0.39 is 17.0 Å². The van der Waals surface area contributed by atoms with Crippen LogP contribution in [0.15, 0.2) is 21.3 Å². The van der Waals surface area contributed by atoms with Gasteiger partial charge in [-0.25, -0.2) is 4.79 Å². The Morgan fingerprint density at radius 3 is 2.78 bits per heavy atom. The summed E-state index contributed by atoms with van der Waals surface area (Å²) in [7, 11) is 0. The quantitative estimate of drug-likeness (QED) is 0.676. The van der Waals surface area contributed by atoms with Gasteiger partial charge < -0.3 is 19.0 Å². The number of esters is 1. The fourth-order valence-corrected chi connectivity index (χ4v) is 2.97. The molecule has 6 nitrogen and oxygen atoms in total. The molecule has 23 heavy (non-hydrogen) atoms. The van der Waals surface area contributed by atoms with Gasteiger partial charge in [-0.05, 0) is 32.9 Å². The minimum atomic E-state index is -0.812. The number of aryl methyl sites for hydroxylation is 1. The Hall–Kier alpha value is -2.50. The van der Waals surface area contributed by atoms with Crippen LogP contribution in [-0.2, 0) is 14.9 Å². The Morgan fingerprint density at radius 1 is 1.43 bits per heavy atom. The summed E-state index contributed by atoms with van der Waals surface area (Å²) < 4.78 is 16.5. The third kappa shape index (κ3) is 2.17. The predicted octanol–water partition coefficient (Wildman–Crippen LogP) is 2.41. The van der Waals surface area contributed by atoms with E-state index in [0.29, 0.717) is 27.8 Å². The first-order valence-electron chi connectivity index (χ1n) is 7.35. The van der Waals surface area contributed by atoms with Gasteiger partial charge in [-0.3, -0.25) is 4.79 Å². The molecule has 0 spiro atoms. The second kappa shape index (κ2) is 5.01. The first-order chi connectivity index (χ1) is 10.8. The molecule has 0 saturated carbocycles. The largest absolute Gasteiger partial charge is 0.508 e. The molecule has 1 aromatic heterocycles. The summed E-state index contributed by atoms with van der Waals surface area (Å²) in [5, 5.41) is 10.5. The lowest BCUT2D eigenvalue weighted by Gasteiger charge is -2.26. The number of fused-ring (bicyclic) bond motifs is 3. The third-order valence-corrected chi connectivity index (χ3v) is 4.60. The van der Waals surface area contributed by atoms with E-state index in [1.807, 2.05) is 6.92 Å². The van der Waals surface area contributed by atoms with Crippen LogP contribution in [0.25, 0.3) is 11.0 Å². The molecule has 1 N–H and O–H groups in total. The Bertz CT molecular complexity index is 865. The standard InChI is InChI=1S/C17H18O6/c1-8-11(19)5-6-12-13(8)15-14(16(20)23-12)17(4,9(2)22-15)7-21-10(3)18/h5-6,9,19H,7H2,1-4H3/t9-,17-/m1/s1. The van der Waals surface area contributed by atoms with Gasteiger partial charge >= 0.3 is 11.6 Å². The highest BCUT2D eigenvalue weighted by Crippen LogP contribution is 2.46. The Balaban J connectivity index is 2.29. The number of hydrogen-bond donors (Lipinski definition) is 1. The lowest BCUT2D eigenvalue weighted by Crippen LogP contribution is -2.40. The van der Waals surface area contributed by atoms with Crippen LogP contribution in [0.5, 0.6) is 11.5 Å². The molecule has 2 aromatic rings. The second-order valence-electron chi connectivity index (χ2n) is 6.13. The number of carbonyl (C=O) groups is 1. The summed E-state index contributed by atoms with van der Waals surface area (Å²) in [4.78, 5) is 23.6. The fraction of sp³-hybridized carbons (Fsp3) is 0.412. The highest BCUT2D eigenvalue weighted by atomic mass is 16.5. The molecule has 0 fully saturated rings. The van der Waals surface area contributed by atoms with Gasteiger partial charge in [0.15, 0.2) is 0 Å². The average Bonchev–Trinajstić information content (AvgIpc) is 2.74. The van der Waals surface area contributed by atoms with Crippen LogP contribution < -0.4 is 10.4 Å². The van der Waals surface area contributed by atoms with Crippen molar-refractivity contribution in [2.24, 2.45) is 0 Å². The van der Waals surface area contributed by atoms with Gasteiger partial charge in [-0.15, -0.1) is 0 Å². The molecule has 3 rings (SSSR count). The predicted molar refractivity (Wildman–Crippen MR) is 83.0 cm³/mol. The normalized spacial score (nSPS) is 22.7. The molecular formula is C17H18O6. The first-order valence-corrected chi connectivity index (χ1v) is 7.35. The van der Waals surface area contributed by atoms with E-state index in [1.54, 1.807) is 13.8 Å². The maximum atomic E-state index is 12.5. The summed E-state index contributed by atoms with van der Waals surface area (Å²) in [5.74, 6) is 0.0658. The summed E-state index contributed by atoms with van der Waals surface area (Å²) in [5.41, 5.74) is -0.0586. The molecule has 0 saturated heterocycles. The van der Waals surface area contributed by atoms with Crippen molar-refractivity contribution < 1.29 is 23.8 Å². The van der Waals surface area contributed by atoms with E-state index in [1.165, 1.54) is 19.1 Å². The summed E-state index contributed by atoms with van der Waals surface area (Å²) in [6.07, 6.45) is -0.382. The molecule has 0 unspecified atom stereocenters. The third-order valence-electron chi connectivity index (χ3n) is 4.60. The molecule has 0 amide bonds. The fourth-order valence-electron chi connectivity index (χ4n) is 2.97. The molecule has 2 heterocycles. The van der Waals surface area contributed by atoms with Gasteiger partial charge in [0.1, 0.15) is 29.8 Å². The molecule has 0 aliphatic carbocycles. The number of ether oxygens (including phenoxy) is 2. The molecule has 1 aliphatic rings. The number of phenols is 1. The van der Waals surface area contributed by atoms with Gasteiger partial charge in [0, 0.05) is 12.5 Å². The Morgan fingerprint density at radius 2 is 2.13 bits per heavy atom. The number of benzene rings is 1. The lowest BCUT2D eigenvalue weighted by molar-refractivity contribution is -0.143. The Kier molecular flexibility index (Phi) is 3.35. The zero-order valence-electron chi connectivity index (χ0n) is 13.4. The van der Waals surface area contributed by atoms with Gasteiger partial charge in [-0.2, -0.15) is 0 Å². The van der Waals surface area contributed by atoms with E-state index in [9.17, 15) is 14.7 Å². The van der Waals surface area contributed by atoms with Crippen molar-refractivity contribution in [3.8, 4) is 11.5 Å². The SMILES string of the molecule is CC(=O)OC[C@@]1(C)c2c(c3c(C)c(O)ccc3oc2=O)O[C@@H]1C. The highest BCUT2D eigenvalue weighted by Gasteiger charge is 2.48. The molecule has 1 aromatic carbocycles. The lowest BCUT2D eigenvalue weighted by atomic mass is 9.80. The molecule has 0 bridgehead atoms. The van der Waals surface area contributed by atoms with E-state index >= 15 is 0 Å². The molecule has 0 radical (unpaired) electrons. The molecule has 2 atom stereocenters. The van der Waals surface area contributed by atoms with Gasteiger partial charge in [0.05, 0.1) is 16.4 Å². The maximum absolute atomic E-state index is 12.5. The summed E-state index contributed by atoms with van der Waals surface area (Å²) >= 11 is 0. The number of hydrogen-bond acceptors (Lipinski definition) is 6. The van der Waals surface area contributed by atoms with Crippen LogP contribution in [0.3, 0.4) is 0 Å². The molecule has 122 valence electrons. The maximum Gasteiger partial charge on any atom is 0.344 e. The van der Waals surface area contributed by atoms with Crippen LogP contribution in [0.1, 0.15) is 31.9 Å². The van der Waals surface area contributed by atoms with Crippen molar-refractivity contribution >= 4 is 16.9 Å². The summed E-state index contributed by atoms with van der Waals surface area (Å²) in [6, 6.07) is 3.01. The van der Waals surface area contributed by atoms with Crippen LogP contribution in [-0.4, -0.2) is 23.8 Å². The topological polar surface area (TPSA) is 86.0 Å². The van der Waals surface area contributed by atoms with E-state index in [-0.39, 0.29) is 18.5 Å². The number of aromatic hydroxyl groups is 1. The van der Waals surface area contributed by atoms with Crippen molar-refractivity contribution in [2.75, 3.05) is 6.61 Å². The minimum Gasteiger partial charge on any atom is -0.508 e. The Labute approximate surface area is 132 Å². The van der Waals surface area contributed by atoms with Crippen molar-refractivity contribution in [3.05, 3.63) is 33.7 Å². The number of rotatable bonds is 2. The number of phenolic OH excluding ortho intramolecular Hbond substituents is 1. The van der Waals surface area contributed by atoms with E-state index in [0.717, 1.165) is 0 Å². The molecular weight excluding hydrogens is 300 g/mol. The average molecular weight is 318 g/mol. The zero-order valence-corrected chi connectivity index (χ0v) is 13.4. The van der Waals surface area contributed by atoms with Crippen LogP contribution in [0, 0.1) is 6.92 Å². The smallest absolute Gasteiger partial charge is 0.344 e. The monoisotopic (exact) mass is 318 g/mol. The van der Waals surface area contributed by atoms with E-state index in [4.69, 9.17) is 13.9 Å². The molecule has 6 heteroatoms. The number of carbonyl (C=O) groups excluding carboxylic acids is 1. The van der Waals surface area contributed by atoms with Gasteiger partial charge in [-0.1, -0.05) is 0 Å². The van der Waals surface area contributed by atoms with Crippen LogP contribution in [0.4, 0.5) is 0 Å². The van der Waals surface area contributed by atoms with Crippen LogP contribution >= 0.6 is 0 Å². The highest BCUT2D eigenvalue weighted by molar-refractivity contribution is 5.90.